The molecule has 0 aromatic rings. The monoisotopic (exact) mass is 691 g/mol. The molecule has 0 radical (unpaired) electrons. The molecule has 286 valence electrons. The first kappa shape index (κ1) is 38.9. The van der Waals surface area contributed by atoms with Crippen LogP contribution >= 0.6 is 0 Å². The molecule has 0 bridgehead atoms. The maximum atomic E-state index is 12.9. The second-order valence-electron chi connectivity index (χ2n) is 20.5. The van der Waals surface area contributed by atoms with Crippen LogP contribution in [-0.2, 0) is 9.53 Å². The molecule has 5 unspecified atom stereocenters. The van der Waals surface area contributed by atoms with E-state index >= 15 is 0 Å². The Morgan fingerprint density at radius 1 is 0.760 bits per heavy atom. The van der Waals surface area contributed by atoms with E-state index in [0.29, 0.717) is 17.3 Å². The van der Waals surface area contributed by atoms with Gasteiger partial charge in [-0.2, -0.15) is 0 Å². The molecule has 5 saturated carbocycles. The van der Waals surface area contributed by atoms with Crippen LogP contribution in [0.15, 0.2) is 11.6 Å². The van der Waals surface area contributed by atoms with E-state index in [4.69, 9.17) is 4.74 Å². The number of rotatable bonds is 21. The van der Waals surface area contributed by atoms with Crippen molar-refractivity contribution >= 4 is 5.97 Å². The van der Waals surface area contributed by atoms with Gasteiger partial charge in [0.2, 0.25) is 0 Å². The van der Waals surface area contributed by atoms with E-state index in [-0.39, 0.29) is 12.1 Å². The van der Waals surface area contributed by atoms with Crippen LogP contribution in [0.1, 0.15) is 208 Å². The molecule has 50 heavy (non-hydrogen) atoms. The van der Waals surface area contributed by atoms with Gasteiger partial charge in [-0.25, -0.2) is 0 Å². The Kier molecular flexibility index (Phi) is 13.7. The van der Waals surface area contributed by atoms with Gasteiger partial charge >= 0.3 is 5.97 Å². The van der Waals surface area contributed by atoms with Crippen LogP contribution in [0.3, 0.4) is 0 Å². The molecule has 2 nitrogen and oxygen atoms in total. The largest absolute Gasteiger partial charge is 0.462 e. The molecular weight excluding hydrogens is 609 g/mol. The highest BCUT2D eigenvalue weighted by molar-refractivity contribution is 5.69. The van der Waals surface area contributed by atoms with E-state index < -0.39 is 0 Å². The lowest BCUT2D eigenvalue weighted by Gasteiger charge is -2.58. The Morgan fingerprint density at radius 3 is 2.16 bits per heavy atom. The molecule has 5 fully saturated rings. The highest BCUT2D eigenvalue weighted by atomic mass is 16.5. The minimum atomic E-state index is 0.0740. The summed E-state index contributed by atoms with van der Waals surface area (Å²) in [5.41, 5.74) is 2.54. The minimum Gasteiger partial charge on any atom is -0.462 e. The van der Waals surface area contributed by atoms with Gasteiger partial charge in [0.05, 0.1) is 0 Å². The lowest BCUT2D eigenvalue weighted by atomic mass is 9.47. The van der Waals surface area contributed by atoms with Crippen LogP contribution in [0.4, 0.5) is 0 Å². The number of fused-ring (bicyclic) bond motifs is 5. The number of hydrogen-bond acceptors (Lipinski definition) is 2. The summed E-state index contributed by atoms with van der Waals surface area (Å²) in [6, 6.07) is 0. The van der Waals surface area contributed by atoms with Gasteiger partial charge in [-0.3, -0.25) is 4.79 Å². The third kappa shape index (κ3) is 9.46. The van der Waals surface area contributed by atoms with Gasteiger partial charge in [0.1, 0.15) is 6.10 Å². The summed E-state index contributed by atoms with van der Waals surface area (Å²) in [7, 11) is 0. The van der Waals surface area contributed by atoms with E-state index in [1.54, 1.807) is 12.0 Å². The highest BCUT2D eigenvalue weighted by Crippen LogP contribution is 2.67. The number of ether oxygens (including phenoxy) is 1. The van der Waals surface area contributed by atoms with Gasteiger partial charge in [-0.1, -0.05) is 130 Å². The first-order valence-corrected chi connectivity index (χ1v) is 23.0. The third-order valence-corrected chi connectivity index (χ3v) is 16.7. The minimum absolute atomic E-state index is 0.0740. The molecule has 12 atom stereocenters. The standard InChI is InChI=1S/C48H82O2/c1-7-8-12-18-36-31-38(36)21-22-39-32-37(39)19-13-10-9-11-14-20-46(49)50-41-27-29-47(5)40(33-41)23-24-42-44-26-25-43(35(4)17-15-16-34(2)3)48(44,6)30-28-45(42)47/h23,34-39,41-45H,7-22,24-33H2,1-6H3/t35-,36?,37?,38?,39?,41?,42+,43-,44+,45+,47+,48-/m1/s1. The molecule has 0 saturated heterocycles. The van der Waals surface area contributed by atoms with Crippen LogP contribution in [0.5, 0.6) is 0 Å². The van der Waals surface area contributed by atoms with Crippen LogP contribution in [0.25, 0.3) is 0 Å². The quantitative estimate of drug-likeness (QED) is 0.0681. The molecule has 0 aliphatic heterocycles. The number of hydrogen-bond donors (Lipinski definition) is 0. The number of carbonyl (C=O) groups is 1. The number of esters is 1. The van der Waals surface area contributed by atoms with Crippen molar-refractivity contribution in [3.63, 3.8) is 0 Å². The molecule has 6 rings (SSSR count). The Bertz CT molecular complexity index is 1110. The molecule has 0 heterocycles. The molecule has 0 N–H and O–H groups in total. The summed E-state index contributed by atoms with van der Waals surface area (Å²) in [6.07, 6.45) is 37.7. The molecule has 0 amide bonds. The summed E-state index contributed by atoms with van der Waals surface area (Å²) in [6.45, 7) is 15.0. The molecular formula is C48H82O2. The van der Waals surface area contributed by atoms with E-state index in [2.05, 4.69) is 47.6 Å². The Morgan fingerprint density at radius 2 is 1.44 bits per heavy atom. The van der Waals surface area contributed by atoms with Crippen molar-refractivity contribution in [1.82, 2.24) is 0 Å². The second-order valence-corrected chi connectivity index (χ2v) is 20.5. The zero-order valence-electron chi connectivity index (χ0n) is 34.1. The maximum Gasteiger partial charge on any atom is 0.306 e. The lowest BCUT2D eigenvalue weighted by molar-refractivity contribution is -0.151. The zero-order chi connectivity index (χ0) is 35.3. The topological polar surface area (TPSA) is 26.3 Å². The van der Waals surface area contributed by atoms with Crippen LogP contribution < -0.4 is 0 Å². The van der Waals surface area contributed by atoms with Crippen LogP contribution in [0.2, 0.25) is 0 Å². The summed E-state index contributed by atoms with van der Waals surface area (Å²) >= 11 is 0. The van der Waals surface area contributed by atoms with Crippen molar-refractivity contribution in [3.05, 3.63) is 11.6 Å². The fourth-order valence-corrected chi connectivity index (χ4v) is 13.3. The van der Waals surface area contributed by atoms with Crippen molar-refractivity contribution < 1.29 is 9.53 Å². The smallest absolute Gasteiger partial charge is 0.306 e. The lowest BCUT2D eigenvalue weighted by Crippen LogP contribution is -2.51. The van der Waals surface area contributed by atoms with Gasteiger partial charge in [0.25, 0.3) is 0 Å². The molecule has 0 aromatic carbocycles. The van der Waals surface area contributed by atoms with Crippen molar-refractivity contribution in [2.24, 2.45) is 70.0 Å². The molecule has 0 spiro atoms. The Balaban J connectivity index is 0.836. The van der Waals surface area contributed by atoms with Gasteiger partial charge < -0.3 is 4.74 Å². The zero-order valence-corrected chi connectivity index (χ0v) is 34.1. The van der Waals surface area contributed by atoms with Crippen molar-refractivity contribution in [1.29, 1.82) is 0 Å². The van der Waals surface area contributed by atoms with E-state index in [1.165, 1.54) is 135 Å². The highest BCUT2D eigenvalue weighted by Gasteiger charge is 2.59. The van der Waals surface area contributed by atoms with Gasteiger partial charge in [-0.15, -0.1) is 0 Å². The third-order valence-electron chi connectivity index (χ3n) is 16.7. The summed E-state index contributed by atoms with van der Waals surface area (Å²) in [5, 5.41) is 0. The first-order chi connectivity index (χ1) is 24.1. The van der Waals surface area contributed by atoms with Crippen molar-refractivity contribution in [3.8, 4) is 0 Å². The van der Waals surface area contributed by atoms with Crippen LogP contribution in [0, 0.1) is 70.0 Å². The van der Waals surface area contributed by atoms with E-state index in [1.807, 2.05) is 0 Å². The SMILES string of the molecule is CCCCCC1CC1CCC1CC1CCCCCCCC(=O)OC1CC[C@@]2(C)C(=CC[C@H]3[C@@H]4CC[C@H]([C@H](C)CCCC(C)C)[C@@]4(C)CC[C@@H]32)C1. The fraction of sp³-hybridized carbons (Fsp3) is 0.938. The Hall–Kier alpha value is -0.790. The normalized spacial score (nSPS) is 39.3. The van der Waals surface area contributed by atoms with Crippen LogP contribution in [-0.4, -0.2) is 12.1 Å². The first-order valence-electron chi connectivity index (χ1n) is 23.0. The predicted octanol–water partition coefficient (Wildman–Crippen LogP) is 14.3. The predicted molar refractivity (Wildman–Crippen MR) is 212 cm³/mol. The average Bonchev–Trinajstić information content (AvgIpc) is 3.98. The van der Waals surface area contributed by atoms with Crippen molar-refractivity contribution in [2.45, 2.75) is 215 Å². The summed E-state index contributed by atoms with van der Waals surface area (Å²) < 4.78 is 6.17. The van der Waals surface area contributed by atoms with Gasteiger partial charge in [-0.05, 0) is 147 Å². The number of unbranched alkanes of at least 4 members (excludes halogenated alkanes) is 6. The Labute approximate surface area is 310 Å². The fourth-order valence-electron chi connectivity index (χ4n) is 13.3. The summed E-state index contributed by atoms with van der Waals surface area (Å²) in [5.74, 6) is 9.68. The average molecular weight is 691 g/mol. The molecule has 6 aliphatic rings. The second kappa shape index (κ2) is 17.6. The molecule has 2 heteroatoms. The number of allylic oxidation sites excluding steroid dienone is 1. The van der Waals surface area contributed by atoms with Crippen molar-refractivity contribution in [2.75, 3.05) is 0 Å². The van der Waals surface area contributed by atoms with E-state index in [0.717, 1.165) is 78.4 Å². The van der Waals surface area contributed by atoms with E-state index in [9.17, 15) is 4.79 Å². The van der Waals surface area contributed by atoms with Gasteiger partial charge in [0.15, 0.2) is 0 Å². The van der Waals surface area contributed by atoms with Gasteiger partial charge in [0, 0.05) is 12.8 Å². The summed E-state index contributed by atoms with van der Waals surface area (Å²) in [4.78, 5) is 12.9. The molecule has 6 aliphatic carbocycles. The maximum absolute atomic E-state index is 12.9. The molecule has 0 aromatic heterocycles. The number of carbonyl (C=O) groups excluding carboxylic acids is 1.